The molecule has 1 unspecified atom stereocenters. The largest absolute Gasteiger partial charge is 0.485 e. The van der Waals surface area contributed by atoms with E-state index in [1.165, 1.54) is 6.07 Å². The van der Waals surface area contributed by atoms with Crippen LogP contribution >= 0.6 is 15.9 Å². The van der Waals surface area contributed by atoms with E-state index in [1.807, 2.05) is 44.2 Å². The smallest absolute Gasteiger partial charge is 0.147 e. The summed E-state index contributed by atoms with van der Waals surface area (Å²) in [6.07, 6.45) is 0. The second kappa shape index (κ2) is 4.77. The van der Waals surface area contributed by atoms with Crippen molar-refractivity contribution in [3.63, 3.8) is 0 Å². The summed E-state index contributed by atoms with van der Waals surface area (Å²) in [5.41, 5.74) is 1.11. The molecule has 1 heterocycles. The number of fused-ring (bicyclic) bond motifs is 1. The molecule has 0 bridgehead atoms. The van der Waals surface area contributed by atoms with Crippen LogP contribution in [-0.2, 0) is 0 Å². The molecule has 20 heavy (non-hydrogen) atoms. The topological polar surface area (TPSA) is 21.3 Å². The molecule has 0 aliphatic carbocycles. The van der Waals surface area contributed by atoms with Gasteiger partial charge in [-0.1, -0.05) is 34.1 Å². The monoisotopic (exact) mass is 335 g/mol. The third kappa shape index (κ3) is 2.29. The molecule has 0 aromatic heterocycles. The maximum absolute atomic E-state index is 14.0. The van der Waals surface area contributed by atoms with Crippen LogP contribution in [0.15, 0.2) is 46.9 Å². The Morgan fingerprint density at radius 1 is 1.20 bits per heavy atom. The van der Waals surface area contributed by atoms with Gasteiger partial charge in [0.1, 0.15) is 17.2 Å². The molecule has 0 saturated heterocycles. The Hall–Kier alpha value is -1.55. The summed E-state index contributed by atoms with van der Waals surface area (Å²) in [5, 5.41) is 3.26. The lowest BCUT2D eigenvalue weighted by molar-refractivity contribution is 0.118. The molecular formula is C16H15BrFNO. The Balaban J connectivity index is 1.97. The number of benzene rings is 2. The zero-order valence-electron chi connectivity index (χ0n) is 11.3. The Kier molecular flexibility index (Phi) is 3.21. The molecule has 0 amide bonds. The molecule has 2 aromatic rings. The molecule has 2 nitrogen and oxygen atoms in total. The van der Waals surface area contributed by atoms with Crippen LogP contribution in [-0.4, -0.2) is 5.60 Å². The lowest BCUT2D eigenvalue weighted by atomic mass is 9.94. The fourth-order valence-corrected chi connectivity index (χ4v) is 2.88. The van der Waals surface area contributed by atoms with Crippen LogP contribution in [0.3, 0.4) is 0 Å². The second-order valence-electron chi connectivity index (χ2n) is 5.44. The number of hydrogen-bond donors (Lipinski definition) is 1. The zero-order valence-corrected chi connectivity index (χ0v) is 12.9. The first kappa shape index (κ1) is 13.4. The average Bonchev–Trinajstić information content (AvgIpc) is 2.63. The summed E-state index contributed by atoms with van der Waals surface area (Å²) in [6, 6.07) is 12.8. The van der Waals surface area contributed by atoms with Gasteiger partial charge in [-0.3, -0.25) is 0 Å². The molecule has 0 fully saturated rings. The van der Waals surface area contributed by atoms with Crippen LogP contribution in [0.2, 0.25) is 0 Å². The van der Waals surface area contributed by atoms with Crippen molar-refractivity contribution in [2.24, 2.45) is 0 Å². The van der Waals surface area contributed by atoms with Gasteiger partial charge in [0.15, 0.2) is 0 Å². The summed E-state index contributed by atoms with van der Waals surface area (Å²) in [6.45, 7) is 4.00. The van der Waals surface area contributed by atoms with E-state index in [0.717, 1.165) is 15.8 Å². The highest BCUT2D eigenvalue weighted by Crippen LogP contribution is 2.44. The summed E-state index contributed by atoms with van der Waals surface area (Å²) < 4.78 is 20.7. The van der Waals surface area contributed by atoms with Crippen LogP contribution in [0.25, 0.3) is 0 Å². The van der Waals surface area contributed by atoms with Crippen LogP contribution in [0, 0.1) is 5.82 Å². The zero-order chi connectivity index (χ0) is 14.3. The van der Waals surface area contributed by atoms with Crippen molar-refractivity contribution in [2.75, 3.05) is 5.32 Å². The quantitative estimate of drug-likeness (QED) is 0.841. The molecule has 104 valence electrons. The van der Waals surface area contributed by atoms with Crippen molar-refractivity contribution in [1.82, 2.24) is 0 Å². The van der Waals surface area contributed by atoms with E-state index in [9.17, 15) is 4.39 Å². The van der Waals surface area contributed by atoms with E-state index in [4.69, 9.17) is 4.74 Å². The maximum Gasteiger partial charge on any atom is 0.147 e. The third-order valence-corrected chi connectivity index (χ3v) is 4.02. The Morgan fingerprint density at radius 2 is 1.95 bits per heavy atom. The summed E-state index contributed by atoms with van der Waals surface area (Å²) >= 11 is 3.26. The molecule has 1 aliphatic rings. The minimum atomic E-state index is -0.427. The van der Waals surface area contributed by atoms with E-state index in [0.29, 0.717) is 5.69 Å². The van der Waals surface area contributed by atoms with Gasteiger partial charge >= 0.3 is 0 Å². The van der Waals surface area contributed by atoms with Crippen LogP contribution in [0.1, 0.15) is 25.5 Å². The highest BCUT2D eigenvalue weighted by molar-refractivity contribution is 9.10. The predicted molar refractivity (Wildman–Crippen MR) is 81.6 cm³/mol. The Bertz CT molecular complexity index is 657. The fourth-order valence-electron chi connectivity index (χ4n) is 2.54. The van der Waals surface area contributed by atoms with Gasteiger partial charge in [0.25, 0.3) is 0 Å². The summed E-state index contributed by atoms with van der Waals surface area (Å²) in [7, 11) is 0. The molecule has 1 N–H and O–H groups in total. The normalized spacial score (nSPS) is 19.3. The van der Waals surface area contributed by atoms with E-state index in [-0.39, 0.29) is 11.9 Å². The van der Waals surface area contributed by atoms with Gasteiger partial charge < -0.3 is 10.1 Å². The SMILES string of the molecule is CC1(C)Oc2ccccc2C1Nc1ccc(Br)cc1F. The van der Waals surface area contributed by atoms with Crippen molar-refractivity contribution < 1.29 is 9.13 Å². The van der Waals surface area contributed by atoms with Gasteiger partial charge in [-0.05, 0) is 38.1 Å². The van der Waals surface area contributed by atoms with Crippen molar-refractivity contribution in [2.45, 2.75) is 25.5 Å². The number of hydrogen-bond acceptors (Lipinski definition) is 2. The van der Waals surface area contributed by atoms with E-state index < -0.39 is 5.60 Å². The van der Waals surface area contributed by atoms with E-state index in [2.05, 4.69) is 21.2 Å². The molecule has 1 atom stereocenters. The van der Waals surface area contributed by atoms with Crippen molar-refractivity contribution in [3.8, 4) is 5.75 Å². The van der Waals surface area contributed by atoms with Crippen molar-refractivity contribution in [1.29, 1.82) is 0 Å². The lowest BCUT2D eigenvalue weighted by Crippen LogP contribution is -2.35. The highest BCUT2D eigenvalue weighted by atomic mass is 79.9. The van der Waals surface area contributed by atoms with Gasteiger partial charge in [-0.25, -0.2) is 4.39 Å². The van der Waals surface area contributed by atoms with Gasteiger partial charge in [0, 0.05) is 10.0 Å². The predicted octanol–water partition coefficient (Wildman–Crippen LogP) is 4.91. The van der Waals surface area contributed by atoms with Crippen molar-refractivity contribution in [3.05, 3.63) is 58.3 Å². The summed E-state index contributed by atoms with van der Waals surface area (Å²) in [4.78, 5) is 0. The standard InChI is InChI=1S/C16H15BrFNO/c1-16(2)15(11-5-3-4-6-14(11)20-16)19-13-8-7-10(17)9-12(13)18/h3-9,15,19H,1-2H3. The number of anilines is 1. The maximum atomic E-state index is 14.0. The fraction of sp³-hybridized carbons (Fsp3) is 0.250. The molecule has 0 saturated carbocycles. The Labute approximate surface area is 126 Å². The molecular weight excluding hydrogens is 321 g/mol. The number of ether oxygens (including phenoxy) is 1. The third-order valence-electron chi connectivity index (χ3n) is 3.53. The van der Waals surface area contributed by atoms with Crippen molar-refractivity contribution >= 4 is 21.6 Å². The van der Waals surface area contributed by atoms with Gasteiger partial charge in [0.05, 0.1) is 11.7 Å². The number of rotatable bonds is 2. The average molecular weight is 336 g/mol. The minimum absolute atomic E-state index is 0.0885. The molecule has 0 spiro atoms. The highest BCUT2D eigenvalue weighted by Gasteiger charge is 2.41. The number of nitrogens with one attached hydrogen (secondary N) is 1. The Morgan fingerprint density at radius 3 is 2.70 bits per heavy atom. The minimum Gasteiger partial charge on any atom is -0.485 e. The van der Waals surface area contributed by atoms with Gasteiger partial charge in [-0.2, -0.15) is 0 Å². The first-order chi connectivity index (χ1) is 9.47. The van der Waals surface area contributed by atoms with Crippen LogP contribution < -0.4 is 10.1 Å². The molecule has 3 rings (SSSR count). The van der Waals surface area contributed by atoms with Crippen LogP contribution in [0.4, 0.5) is 10.1 Å². The molecule has 0 radical (unpaired) electrons. The summed E-state index contributed by atoms with van der Waals surface area (Å²) in [5.74, 6) is 0.576. The first-order valence-corrected chi connectivity index (χ1v) is 7.26. The molecule has 2 aromatic carbocycles. The van der Waals surface area contributed by atoms with E-state index in [1.54, 1.807) is 6.07 Å². The van der Waals surface area contributed by atoms with Crippen LogP contribution in [0.5, 0.6) is 5.75 Å². The first-order valence-electron chi connectivity index (χ1n) is 6.47. The second-order valence-corrected chi connectivity index (χ2v) is 6.36. The van der Waals surface area contributed by atoms with E-state index >= 15 is 0 Å². The molecule has 4 heteroatoms. The van der Waals surface area contributed by atoms with Gasteiger partial charge in [-0.15, -0.1) is 0 Å². The van der Waals surface area contributed by atoms with Gasteiger partial charge in [0.2, 0.25) is 0 Å². The molecule has 1 aliphatic heterocycles. The number of para-hydroxylation sites is 1. The lowest BCUT2D eigenvalue weighted by Gasteiger charge is -2.28. The number of halogens is 2.